The van der Waals surface area contributed by atoms with Gasteiger partial charge in [0.05, 0.1) is 59.3 Å². The van der Waals surface area contributed by atoms with Gasteiger partial charge in [-0.25, -0.2) is 9.48 Å². The highest BCUT2D eigenvalue weighted by Gasteiger charge is 2.34. The zero-order chi connectivity index (χ0) is 55.8. The van der Waals surface area contributed by atoms with Gasteiger partial charge in [-0.2, -0.15) is 57.1 Å². The third-order valence-corrected chi connectivity index (χ3v) is 17.9. The van der Waals surface area contributed by atoms with Gasteiger partial charge in [-0.15, -0.1) is 0 Å². The van der Waals surface area contributed by atoms with Gasteiger partial charge in [-0.05, 0) is 162 Å². The SMILES string of the molecule is Cc1ccc2[nH]ncc2c1N1CCc2c(nc(OC[C@@H]3CCCN3C)nc2N2CCCCC2)C1.Cc1ccc2c(cnn2C2CCCCO2)c1N1CCc2c(nc(OC[C@@H]3CCCN3C)nc2N2CCN(C(=O)OC(C)(C)C)CC2)C1.S.S. The first-order valence-corrected chi connectivity index (χ1v) is 30.3. The highest BCUT2D eigenvalue weighted by molar-refractivity contribution is 7.59. The quantitative estimate of drug-likeness (QED) is 0.130. The van der Waals surface area contributed by atoms with Gasteiger partial charge in [0.2, 0.25) is 0 Å². The molecule has 0 aliphatic carbocycles. The Hall–Kier alpha value is -5.81. The number of likely N-dealkylation sites (tertiary alicyclic amines) is 2. The van der Waals surface area contributed by atoms with Gasteiger partial charge < -0.3 is 53.2 Å². The molecule has 0 saturated carbocycles. The maximum Gasteiger partial charge on any atom is 0.410 e. The molecule has 0 bridgehead atoms. The number of H-pyrrole nitrogens is 1. The fraction of sp³-hybridized carbons (Fsp3) is 0.623. The Bertz CT molecular complexity index is 3190. The summed E-state index contributed by atoms with van der Waals surface area (Å²) in [5.41, 5.74) is 11.2. The fourth-order valence-electron chi connectivity index (χ4n) is 13.4. The summed E-state index contributed by atoms with van der Waals surface area (Å²) in [6.45, 7) is 22.2. The largest absolute Gasteiger partial charge is 0.462 e. The molecule has 11 heterocycles. The molecule has 3 atom stereocenters. The fourth-order valence-corrected chi connectivity index (χ4v) is 13.4. The number of ether oxygens (including phenoxy) is 4. The lowest BCUT2D eigenvalue weighted by molar-refractivity contribution is -0.0366. The van der Waals surface area contributed by atoms with Crippen molar-refractivity contribution in [3.05, 3.63) is 70.3 Å². The number of carbonyl (C=O) groups is 1. The number of anilines is 4. The predicted octanol–water partition coefficient (Wildman–Crippen LogP) is 8.84. The van der Waals surface area contributed by atoms with E-state index in [4.69, 9.17) is 44.0 Å². The minimum absolute atomic E-state index is 0. The lowest BCUT2D eigenvalue weighted by atomic mass is 10.0. The van der Waals surface area contributed by atoms with E-state index in [-0.39, 0.29) is 39.3 Å². The van der Waals surface area contributed by atoms with Crippen LogP contribution in [0, 0.1) is 13.8 Å². The summed E-state index contributed by atoms with van der Waals surface area (Å²) >= 11 is 0. The highest BCUT2D eigenvalue weighted by Crippen LogP contribution is 2.40. The van der Waals surface area contributed by atoms with Crippen molar-refractivity contribution in [2.75, 3.05) is 119 Å². The smallest absolute Gasteiger partial charge is 0.410 e. The van der Waals surface area contributed by atoms with Crippen LogP contribution in [-0.4, -0.2) is 178 Å². The van der Waals surface area contributed by atoms with Crippen molar-refractivity contribution >= 4 is 77.9 Å². The molecule has 0 spiro atoms. The number of nitrogens with one attached hydrogen (secondary N) is 1. The summed E-state index contributed by atoms with van der Waals surface area (Å²) in [6.07, 6.45) is 17.2. The molecule has 83 heavy (non-hydrogen) atoms. The van der Waals surface area contributed by atoms with Crippen LogP contribution >= 0.6 is 27.0 Å². The van der Waals surface area contributed by atoms with Crippen LogP contribution in [0.4, 0.5) is 27.8 Å². The first-order valence-electron chi connectivity index (χ1n) is 30.3. The monoisotopic (exact) mass is 1180 g/mol. The van der Waals surface area contributed by atoms with E-state index in [1.807, 2.05) is 33.2 Å². The molecule has 7 aliphatic rings. The Morgan fingerprint density at radius 1 is 0.627 bits per heavy atom. The summed E-state index contributed by atoms with van der Waals surface area (Å²) < 4.78 is 26.4. The zero-order valence-electron chi connectivity index (χ0n) is 50.1. The van der Waals surface area contributed by atoms with Crippen molar-refractivity contribution in [3.63, 3.8) is 0 Å². The van der Waals surface area contributed by atoms with Gasteiger partial charge in [0.25, 0.3) is 0 Å². The molecule has 7 aliphatic heterocycles. The Labute approximate surface area is 503 Å². The van der Waals surface area contributed by atoms with E-state index in [9.17, 15) is 4.79 Å². The third kappa shape index (κ3) is 13.2. The number of rotatable bonds is 11. The van der Waals surface area contributed by atoms with E-state index >= 15 is 0 Å². The number of piperazine rings is 1. The van der Waals surface area contributed by atoms with Crippen LogP contribution in [0.2, 0.25) is 0 Å². The average Bonchev–Trinajstić information content (AvgIpc) is 4.39. The number of hydrogen-bond donors (Lipinski definition) is 1. The van der Waals surface area contributed by atoms with Gasteiger partial charge >= 0.3 is 18.1 Å². The third-order valence-electron chi connectivity index (χ3n) is 17.9. The number of piperidine rings is 1. The Morgan fingerprint density at radius 2 is 1.20 bits per heavy atom. The van der Waals surface area contributed by atoms with Gasteiger partial charge in [0.15, 0.2) is 6.23 Å². The lowest BCUT2D eigenvalue weighted by Crippen LogP contribution is -2.50. The number of carbonyl (C=O) groups excluding carboxylic acids is 1. The van der Waals surface area contributed by atoms with Crippen LogP contribution in [-0.2, 0) is 35.4 Å². The molecule has 2 aromatic carbocycles. The second-order valence-corrected chi connectivity index (χ2v) is 24.7. The molecule has 450 valence electrons. The number of nitrogens with zero attached hydrogens (tertiary/aromatic N) is 14. The lowest BCUT2D eigenvalue weighted by Gasteiger charge is -2.38. The molecule has 13 rings (SSSR count). The second-order valence-electron chi connectivity index (χ2n) is 24.7. The van der Waals surface area contributed by atoms with Gasteiger partial charge in [0.1, 0.15) is 30.5 Å². The van der Waals surface area contributed by atoms with Crippen LogP contribution in [0.1, 0.15) is 125 Å². The highest BCUT2D eigenvalue weighted by atomic mass is 32.1. The number of hydrogen-bond acceptors (Lipinski definition) is 17. The molecule has 6 aromatic rings. The Balaban J connectivity index is 0.000000190. The molecule has 1 amide bonds. The summed E-state index contributed by atoms with van der Waals surface area (Å²) in [7, 11) is 4.35. The van der Waals surface area contributed by atoms with Gasteiger partial charge in [0, 0.05) is 92.9 Å². The molecule has 4 aromatic heterocycles. The van der Waals surface area contributed by atoms with Crippen molar-refractivity contribution in [3.8, 4) is 12.0 Å². The van der Waals surface area contributed by atoms with Gasteiger partial charge in [-0.3, -0.25) is 5.10 Å². The molecule has 1 N–H and O–H groups in total. The molecule has 0 radical (unpaired) electrons. The molecule has 1 unspecified atom stereocenters. The number of fused-ring (bicyclic) bond motifs is 4. The number of benzene rings is 2. The first kappa shape index (κ1) is 60.3. The molecule has 22 heteroatoms. The van der Waals surface area contributed by atoms with Crippen molar-refractivity contribution in [2.24, 2.45) is 0 Å². The number of likely N-dealkylation sites (N-methyl/N-ethyl adjacent to an activating group) is 2. The summed E-state index contributed by atoms with van der Waals surface area (Å²) in [5, 5.41) is 14.6. The van der Waals surface area contributed by atoms with Crippen molar-refractivity contribution < 1.29 is 23.7 Å². The molecule has 5 fully saturated rings. The van der Waals surface area contributed by atoms with Crippen molar-refractivity contribution in [1.82, 2.24) is 54.6 Å². The van der Waals surface area contributed by atoms with Crippen molar-refractivity contribution in [2.45, 2.75) is 149 Å². The number of aromatic nitrogens is 8. The van der Waals surface area contributed by atoms with Crippen LogP contribution in [0.15, 0.2) is 36.7 Å². The molecule has 20 nitrogen and oxygen atoms in total. The summed E-state index contributed by atoms with van der Waals surface area (Å²) in [6, 6.07) is 10.5. The summed E-state index contributed by atoms with van der Waals surface area (Å²) in [5.74, 6) is 2.04. The van der Waals surface area contributed by atoms with E-state index in [0.717, 1.165) is 130 Å². The summed E-state index contributed by atoms with van der Waals surface area (Å²) in [4.78, 5) is 49.1. The first-order chi connectivity index (χ1) is 39.3. The van der Waals surface area contributed by atoms with E-state index in [0.29, 0.717) is 70.0 Å². The van der Waals surface area contributed by atoms with E-state index in [2.05, 4.69) is 96.5 Å². The number of aromatic amines is 1. The molecular weight excluding hydrogens is 1090 g/mol. The van der Waals surface area contributed by atoms with Gasteiger partial charge in [-0.1, -0.05) is 12.1 Å². The van der Waals surface area contributed by atoms with Crippen LogP contribution < -0.4 is 29.1 Å². The Morgan fingerprint density at radius 3 is 1.76 bits per heavy atom. The Kier molecular flexibility index (Phi) is 19.0. The minimum Gasteiger partial charge on any atom is -0.462 e. The van der Waals surface area contributed by atoms with E-state index < -0.39 is 5.60 Å². The van der Waals surface area contributed by atoms with Crippen molar-refractivity contribution in [1.29, 1.82) is 0 Å². The minimum atomic E-state index is -0.517. The maximum atomic E-state index is 12.8. The standard InChI is InChI=1S/C35H50N8O4.C26H35N7O.2H2S/c1-24-11-12-29-27(21-36-43(29)30-10-6-7-20-45-30)31(24)42-15-13-26-28(22-42)37-33(46-23-25-9-8-14-39(25)5)38-32(26)40-16-18-41(19-17-40)34(44)47-35(2,3)4;1-18-8-9-22-21(15-27-30-22)24(18)33-14-10-20-23(16-33)28-26(34-17-19-7-6-11-31(19)2)29-25(20)32-12-4-3-5-13-32;;/h11-12,21,25,30H,6-10,13-20,22-23H2,1-5H3;8-9,15,19H,3-7,10-14,16-17H2,1-2H3,(H,27,30);2*1H2/t25-,30?;19-;;/m00../s1. The predicted molar refractivity (Wildman–Crippen MR) is 337 cm³/mol. The number of aryl methyl sites for hydroxylation is 2. The van der Waals surface area contributed by atoms with Crippen LogP contribution in [0.25, 0.3) is 21.8 Å². The molecular formula is C61H89N15O5S2. The molecule has 5 saturated heterocycles. The zero-order valence-corrected chi connectivity index (χ0v) is 52.1. The normalized spacial score (nSPS) is 21.5. The van der Waals surface area contributed by atoms with E-state index in [1.54, 1.807) is 4.90 Å². The number of amides is 1. The maximum absolute atomic E-state index is 12.8. The topological polar surface area (TPSA) is 175 Å². The van der Waals surface area contributed by atoms with Crippen LogP contribution in [0.5, 0.6) is 12.0 Å². The average molecular weight is 1180 g/mol. The second kappa shape index (κ2) is 26.2. The van der Waals surface area contributed by atoms with E-state index in [1.165, 1.54) is 77.5 Å². The van der Waals surface area contributed by atoms with Crippen LogP contribution in [0.3, 0.4) is 0 Å².